The number of esters is 1. The summed E-state index contributed by atoms with van der Waals surface area (Å²) in [5.74, 6) is -0.983. The lowest BCUT2D eigenvalue weighted by atomic mass is 9.93. The van der Waals surface area contributed by atoms with Crippen molar-refractivity contribution in [1.82, 2.24) is 0 Å². The van der Waals surface area contributed by atoms with Crippen LogP contribution in [0.3, 0.4) is 0 Å². The molecule has 0 bridgehead atoms. The van der Waals surface area contributed by atoms with Crippen molar-refractivity contribution in [3.63, 3.8) is 0 Å². The van der Waals surface area contributed by atoms with Crippen LogP contribution in [0, 0.1) is 0 Å². The van der Waals surface area contributed by atoms with Crippen molar-refractivity contribution in [2.75, 3.05) is 6.54 Å². The Balaban J connectivity index is 2.77. The molecule has 18 heavy (non-hydrogen) atoms. The molecule has 0 aliphatic carbocycles. The van der Waals surface area contributed by atoms with Gasteiger partial charge in [0.15, 0.2) is 5.79 Å². The zero-order valence-electron chi connectivity index (χ0n) is 12.0. The predicted molar refractivity (Wildman–Crippen MR) is 68.0 cm³/mol. The smallest absolute Gasteiger partial charge is 0.303 e. The molecule has 2 unspecified atom stereocenters. The number of nitrogens with two attached hydrogens (primary N) is 1. The third-order valence-corrected chi connectivity index (χ3v) is 3.02. The van der Waals surface area contributed by atoms with Crippen LogP contribution in [0.1, 0.15) is 47.5 Å². The van der Waals surface area contributed by atoms with Crippen LogP contribution in [0.4, 0.5) is 0 Å². The average Bonchev–Trinajstić information content (AvgIpc) is 2.13. The highest BCUT2D eigenvalue weighted by Gasteiger charge is 2.44. The van der Waals surface area contributed by atoms with E-state index in [1.54, 1.807) is 0 Å². The molecule has 0 aromatic rings. The van der Waals surface area contributed by atoms with Crippen molar-refractivity contribution in [3.8, 4) is 0 Å². The molecule has 5 nitrogen and oxygen atoms in total. The fourth-order valence-corrected chi connectivity index (χ4v) is 2.33. The van der Waals surface area contributed by atoms with Gasteiger partial charge in [-0.3, -0.25) is 4.79 Å². The van der Waals surface area contributed by atoms with E-state index < -0.39 is 11.4 Å². The van der Waals surface area contributed by atoms with Gasteiger partial charge in [0.05, 0.1) is 6.10 Å². The van der Waals surface area contributed by atoms with Gasteiger partial charge in [0.25, 0.3) is 0 Å². The van der Waals surface area contributed by atoms with Gasteiger partial charge in [0, 0.05) is 13.3 Å². The number of hydrogen-bond acceptors (Lipinski definition) is 5. The Kier molecular flexibility index (Phi) is 4.75. The summed E-state index contributed by atoms with van der Waals surface area (Å²) < 4.78 is 17.0. The Morgan fingerprint density at radius 1 is 1.44 bits per heavy atom. The summed E-state index contributed by atoms with van der Waals surface area (Å²) in [5, 5.41) is 0. The summed E-state index contributed by atoms with van der Waals surface area (Å²) in [6.45, 7) is 9.43. The topological polar surface area (TPSA) is 70.8 Å². The third kappa shape index (κ3) is 4.23. The molecule has 106 valence electrons. The molecule has 0 amide bonds. The second-order valence-corrected chi connectivity index (χ2v) is 5.76. The summed E-state index contributed by atoms with van der Waals surface area (Å²) in [6, 6.07) is 0. The van der Waals surface area contributed by atoms with Crippen LogP contribution in [0.2, 0.25) is 0 Å². The van der Waals surface area contributed by atoms with Gasteiger partial charge in [-0.1, -0.05) is 0 Å². The molecule has 5 heteroatoms. The van der Waals surface area contributed by atoms with Crippen molar-refractivity contribution >= 4 is 5.97 Å². The van der Waals surface area contributed by atoms with E-state index in [-0.39, 0.29) is 18.2 Å². The van der Waals surface area contributed by atoms with Crippen LogP contribution in [0.15, 0.2) is 0 Å². The monoisotopic (exact) mass is 259 g/mol. The van der Waals surface area contributed by atoms with Crippen LogP contribution in [-0.4, -0.2) is 36.1 Å². The van der Waals surface area contributed by atoms with Crippen molar-refractivity contribution in [1.29, 1.82) is 0 Å². The van der Waals surface area contributed by atoms with Gasteiger partial charge in [0.2, 0.25) is 0 Å². The van der Waals surface area contributed by atoms with E-state index in [9.17, 15) is 4.79 Å². The van der Waals surface area contributed by atoms with Crippen LogP contribution >= 0.6 is 0 Å². The molecule has 0 spiro atoms. The molecule has 0 aromatic heterocycles. The Morgan fingerprint density at radius 2 is 2.06 bits per heavy atom. The number of ether oxygens (including phenoxy) is 3. The molecule has 1 saturated heterocycles. The minimum absolute atomic E-state index is 0.0404. The van der Waals surface area contributed by atoms with Gasteiger partial charge in [-0.25, -0.2) is 0 Å². The van der Waals surface area contributed by atoms with Crippen LogP contribution in [0.25, 0.3) is 0 Å². The summed E-state index contributed by atoms with van der Waals surface area (Å²) in [6.07, 6.45) is 1.31. The van der Waals surface area contributed by atoms with E-state index in [2.05, 4.69) is 0 Å². The fraction of sp³-hybridized carbons (Fsp3) is 0.923. The molecule has 1 heterocycles. The first-order chi connectivity index (χ1) is 8.16. The van der Waals surface area contributed by atoms with Crippen molar-refractivity contribution < 1.29 is 19.0 Å². The van der Waals surface area contributed by atoms with Gasteiger partial charge in [-0.2, -0.15) is 0 Å². The fourth-order valence-electron chi connectivity index (χ4n) is 2.33. The summed E-state index contributed by atoms with van der Waals surface area (Å²) >= 11 is 0. The Labute approximate surface area is 109 Å². The highest BCUT2D eigenvalue weighted by molar-refractivity contribution is 5.66. The van der Waals surface area contributed by atoms with E-state index in [1.807, 2.05) is 27.7 Å². The predicted octanol–water partition coefficient (Wildman–Crippen LogP) is 1.59. The van der Waals surface area contributed by atoms with E-state index >= 15 is 0 Å². The number of hydrogen-bond donors (Lipinski definition) is 1. The van der Waals surface area contributed by atoms with Crippen molar-refractivity contribution in [2.24, 2.45) is 5.73 Å². The molecule has 0 saturated carbocycles. The standard InChI is InChI=1S/C13H25NO4/c1-9(15)16-12(2,3)11-8-10(6-7-14)17-13(4,5)18-11/h10-11H,6-8,14H2,1-5H3. The number of carbonyl (C=O) groups is 1. The van der Waals surface area contributed by atoms with Crippen molar-refractivity contribution in [3.05, 3.63) is 0 Å². The first-order valence-electron chi connectivity index (χ1n) is 6.41. The van der Waals surface area contributed by atoms with E-state index in [0.29, 0.717) is 13.0 Å². The van der Waals surface area contributed by atoms with Gasteiger partial charge in [-0.05, 0) is 40.7 Å². The number of carbonyl (C=O) groups excluding carboxylic acids is 1. The molecule has 0 aromatic carbocycles. The minimum atomic E-state index is -0.680. The second-order valence-electron chi connectivity index (χ2n) is 5.76. The van der Waals surface area contributed by atoms with E-state index in [1.165, 1.54) is 6.92 Å². The van der Waals surface area contributed by atoms with E-state index in [0.717, 1.165) is 6.42 Å². The van der Waals surface area contributed by atoms with Crippen molar-refractivity contribution in [2.45, 2.75) is 71.1 Å². The van der Waals surface area contributed by atoms with Crippen LogP contribution < -0.4 is 5.73 Å². The van der Waals surface area contributed by atoms with Crippen LogP contribution in [0.5, 0.6) is 0 Å². The van der Waals surface area contributed by atoms with Gasteiger partial charge < -0.3 is 19.9 Å². The zero-order valence-corrected chi connectivity index (χ0v) is 12.0. The Bertz CT molecular complexity index is 301. The van der Waals surface area contributed by atoms with Gasteiger partial charge in [0.1, 0.15) is 11.7 Å². The molecule has 1 aliphatic heterocycles. The lowest BCUT2D eigenvalue weighted by Gasteiger charge is -2.45. The maximum Gasteiger partial charge on any atom is 0.303 e. The van der Waals surface area contributed by atoms with Gasteiger partial charge >= 0.3 is 5.97 Å². The lowest BCUT2D eigenvalue weighted by Crippen LogP contribution is -2.54. The normalized spacial score (nSPS) is 27.9. The molecule has 2 atom stereocenters. The molecule has 1 rings (SSSR count). The average molecular weight is 259 g/mol. The first kappa shape index (κ1) is 15.4. The quantitative estimate of drug-likeness (QED) is 0.776. The molecular formula is C13H25NO4. The zero-order chi connectivity index (χ0) is 14.0. The van der Waals surface area contributed by atoms with Gasteiger partial charge in [-0.15, -0.1) is 0 Å². The number of rotatable bonds is 4. The highest BCUT2D eigenvalue weighted by Crippen LogP contribution is 2.34. The third-order valence-electron chi connectivity index (χ3n) is 3.02. The summed E-state index contributed by atoms with van der Waals surface area (Å²) in [4.78, 5) is 11.1. The minimum Gasteiger partial charge on any atom is -0.457 e. The lowest BCUT2D eigenvalue weighted by molar-refractivity contribution is -0.324. The molecular weight excluding hydrogens is 234 g/mol. The molecule has 2 N–H and O–H groups in total. The maximum atomic E-state index is 11.1. The van der Waals surface area contributed by atoms with E-state index in [4.69, 9.17) is 19.9 Å². The SMILES string of the molecule is CC(=O)OC(C)(C)C1CC(CCN)OC(C)(C)O1. The largest absolute Gasteiger partial charge is 0.457 e. The Morgan fingerprint density at radius 3 is 2.56 bits per heavy atom. The second kappa shape index (κ2) is 5.55. The first-order valence-corrected chi connectivity index (χ1v) is 6.41. The summed E-state index contributed by atoms with van der Waals surface area (Å²) in [5.41, 5.74) is 4.91. The molecule has 1 aliphatic rings. The summed E-state index contributed by atoms with van der Waals surface area (Å²) in [7, 11) is 0. The molecule has 1 fully saturated rings. The maximum absolute atomic E-state index is 11.1. The van der Waals surface area contributed by atoms with Crippen LogP contribution in [-0.2, 0) is 19.0 Å². The molecule has 0 radical (unpaired) electrons. The highest BCUT2D eigenvalue weighted by atomic mass is 16.7. The Hall–Kier alpha value is -0.650.